The van der Waals surface area contributed by atoms with Crippen LogP contribution in [0.4, 0.5) is 0 Å². The molecule has 1 heterocycles. The maximum absolute atomic E-state index is 5.71. The summed E-state index contributed by atoms with van der Waals surface area (Å²) in [7, 11) is 0. The number of aromatic nitrogens is 2. The number of imidazole rings is 1. The molecule has 0 bridgehead atoms. The molecule has 0 aliphatic rings. The van der Waals surface area contributed by atoms with E-state index in [1.54, 1.807) is 0 Å². The van der Waals surface area contributed by atoms with Crippen molar-refractivity contribution in [1.82, 2.24) is 15.0 Å². The van der Waals surface area contributed by atoms with Crippen LogP contribution in [-0.4, -0.2) is 15.6 Å². The normalized spacial score (nSPS) is 12.7. The second-order valence-corrected chi connectivity index (χ2v) is 6.01. The second-order valence-electron chi connectivity index (χ2n) is 6.01. The molecule has 0 aliphatic carbocycles. The van der Waals surface area contributed by atoms with Gasteiger partial charge in [0.2, 0.25) is 0 Å². The predicted octanol–water partition coefficient (Wildman–Crippen LogP) is 3.81. The summed E-state index contributed by atoms with van der Waals surface area (Å²) in [6.45, 7) is 5.50. The molecule has 1 aromatic rings. The van der Waals surface area contributed by atoms with Gasteiger partial charge in [0, 0.05) is 31.4 Å². The summed E-state index contributed by atoms with van der Waals surface area (Å²) >= 11 is 0. The van der Waals surface area contributed by atoms with Gasteiger partial charge < -0.3 is 4.57 Å². The molecule has 1 aromatic heterocycles. The first kappa shape index (κ1) is 18.2. The average Bonchev–Trinajstić information content (AvgIpc) is 2.92. The van der Waals surface area contributed by atoms with Crippen molar-refractivity contribution in [3.63, 3.8) is 0 Å². The first-order valence-corrected chi connectivity index (χ1v) is 8.77. The summed E-state index contributed by atoms with van der Waals surface area (Å²) in [5.41, 5.74) is 2.97. The zero-order valence-corrected chi connectivity index (χ0v) is 14.0. The molecule has 3 N–H and O–H groups in total. The predicted molar refractivity (Wildman–Crippen MR) is 89.9 cm³/mol. The van der Waals surface area contributed by atoms with Crippen molar-refractivity contribution in [2.75, 3.05) is 0 Å². The minimum absolute atomic E-state index is 0.346. The van der Waals surface area contributed by atoms with E-state index in [-0.39, 0.29) is 0 Å². The van der Waals surface area contributed by atoms with Crippen LogP contribution >= 0.6 is 0 Å². The molecule has 21 heavy (non-hydrogen) atoms. The van der Waals surface area contributed by atoms with E-state index in [9.17, 15) is 0 Å². The molecule has 1 atom stereocenters. The van der Waals surface area contributed by atoms with Gasteiger partial charge >= 0.3 is 0 Å². The highest BCUT2D eigenvalue weighted by Crippen LogP contribution is 2.12. The SMILES string of the molecule is CCCCCCCCCC(Cc1nccn1CCC)NN. The molecule has 0 aliphatic heterocycles. The van der Waals surface area contributed by atoms with Crippen molar-refractivity contribution in [2.24, 2.45) is 5.84 Å². The fourth-order valence-corrected chi connectivity index (χ4v) is 2.79. The number of nitrogens with zero attached hydrogens (tertiary/aromatic N) is 2. The Kier molecular flexibility index (Phi) is 10.2. The fourth-order valence-electron chi connectivity index (χ4n) is 2.79. The molecule has 1 unspecified atom stereocenters. The molecule has 0 amide bonds. The minimum atomic E-state index is 0.346. The lowest BCUT2D eigenvalue weighted by molar-refractivity contribution is 0.444. The lowest BCUT2D eigenvalue weighted by Crippen LogP contribution is -2.37. The molecule has 0 aromatic carbocycles. The van der Waals surface area contributed by atoms with Gasteiger partial charge in [-0.15, -0.1) is 0 Å². The van der Waals surface area contributed by atoms with Gasteiger partial charge in [0.15, 0.2) is 0 Å². The standard InChI is InChI=1S/C17H34N4/c1-3-5-6-7-8-9-10-11-16(20-18)15-17-19-12-14-21(17)13-4-2/h12,14,16,20H,3-11,13,15,18H2,1-2H3. The molecule has 0 saturated heterocycles. The van der Waals surface area contributed by atoms with E-state index in [0.29, 0.717) is 6.04 Å². The van der Waals surface area contributed by atoms with Crippen molar-refractivity contribution >= 4 is 0 Å². The molecule has 4 nitrogen and oxygen atoms in total. The summed E-state index contributed by atoms with van der Waals surface area (Å²) in [6.07, 6.45) is 16.6. The zero-order chi connectivity index (χ0) is 15.3. The van der Waals surface area contributed by atoms with Gasteiger partial charge in [-0.3, -0.25) is 11.3 Å². The number of hydrazine groups is 1. The van der Waals surface area contributed by atoms with Crippen molar-refractivity contribution in [3.05, 3.63) is 18.2 Å². The lowest BCUT2D eigenvalue weighted by atomic mass is 10.0. The van der Waals surface area contributed by atoms with Crippen LogP contribution in [-0.2, 0) is 13.0 Å². The zero-order valence-electron chi connectivity index (χ0n) is 14.0. The van der Waals surface area contributed by atoms with Crippen LogP contribution in [0.3, 0.4) is 0 Å². The third kappa shape index (κ3) is 7.63. The Morgan fingerprint density at radius 2 is 1.81 bits per heavy atom. The number of hydrogen-bond acceptors (Lipinski definition) is 3. The summed E-state index contributed by atoms with van der Waals surface area (Å²) in [5, 5.41) is 0. The molecule has 0 fully saturated rings. The second kappa shape index (κ2) is 11.8. The lowest BCUT2D eigenvalue weighted by Gasteiger charge is -2.16. The molecule has 122 valence electrons. The number of unbranched alkanes of at least 4 members (excludes halogenated alkanes) is 6. The van der Waals surface area contributed by atoms with Crippen LogP contribution in [0, 0.1) is 0 Å². The highest BCUT2D eigenvalue weighted by atomic mass is 15.2. The van der Waals surface area contributed by atoms with Crippen molar-refractivity contribution in [1.29, 1.82) is 0 Å². The van der Waals surface area contributed by atoms with Gasteiger partial charge in [0.1, 0.15) is 5.82 Å². The summed E-state index contributed by atoms with van der Waals surface area (Å²) in [6, 6.07) is 0.346. The molecule has 4 heteroatoms. The van der Waals surface area contributed by atoms with Gasteiger partial charge in [-0.25, -0.2) is 4.98 Å². The van der Waals surface area contributed by atoms with Gasteiger partial charge in [-0.2, -0.15) is 0 Å². The Balaban J connectivity index is 2.20. The highest BCUT2D eigenvalue weighted by molar-refractivity contribution is 4.95. The van der Waals surface area contributed by atoms with Crippen LogP contribution in [0.1, 0.15) is 77.5 Å². The summed E-state index contributed by atoms with van der Waals surface area (Å²) in [5.74, 6) is 6.86. The number of aryl methyl sites for hydroxylation is 1. The van der Waals surface area contributed by atoms with Crippen molar-refractivity contribution < 1.29 is 0 Å². The Labute approximate surface area is 130 Å². The smallest absolute Gasteiger partial charge is 0.110 e. The summed E-state index contributed by atoms with van der Waals surface area (Å²) < 4.78 is 2.25. The van der Waals surface area contributed by atoms with Crippen LogP contribution in [0.25, 0.3) is 0 Å². The van der Waals surface area contributed by atoms with Gasteiger partial charge in [-0.05, 0) is 12.8 Å². The van der Waals surface area contributed by atoms with Gasteiger partial charge in [0.05, 0.1) is 0 Å². The Bertz CT molecular complexity index is 348. The number of nitrogens with one attached hydrogen (secondary N) is 1. The molecular formula is C17H34N4. The van der Waals surface area contributed by atoms with E-state index in [1.807, 2.05) is 6.20 Å². The van der Waals surface area contributed by atoms with E-state index in [2.05, 4.69) is 35.0 Å². The Morgan fingerprint density at radius 3 is 2.48 bits per heavy atom. The monoisotopic (exact) mass is 294 g/mol. The van der Waals surface area contributed by atoms with E-state index in [4.69, 9.17) is 5.84 Å². The molecule has 0 spiro atoms. The Morgan fingerprint density at radius 1 is 1.10 bits per heavy atom. The number of nitrogens with two attached hydrogens (primary N) is 1. The van der Waals surface area contributed by atoms with Crippen molar-refractivity contribution in [3.8, 4) is 0 Å². The topological polar surface area (TPSA) is 55.9 Å². The third-order valence-corrected chi connectivity index (χ3v) is 4.09. The highest BCUT2D eigenvalue weighted by Gasteiger charge is 2.11. The quantitative estimate of drug-likeness (QED) is 0.330. The van der Waals surface area contributed by atoms with E-state index in [1.165, 1.54) is 44.9 Å². The molecular weight excluding hydrogens is 260 g/mol. The average molecular weight is 294 g/mol. The minimum Gasteiger partial charge on any atom is -0.335 e. The van der Waals surface area contributed by atoms with Gasteiger partial charge in [0.25, 0.3) is 0 Å². The maximum atomic E-state index is 5.71. The third-order valence-electron chi connectivity index (χ3n) is 4.09. The van der Waals surface area contributed by atoms with E-state index >= 15 is 0 Å². The Hall–Kier alpha value is -0.870. The first-order chi connectivity index (χ1) is 10.3. The molecule has 1 rings (SSSR count). The van der Waals surface area contributed by atoms with E-state index in [0.717, 1.165) is 31.6 Å². The number of hydrogen-bond donors (Lipinski definition) is 2. The maximum Gasteiger partial charge on any atom is 0.110 e. The van der Waals surface area contributed by atoms with Crippen LogP contribution in [0.5, 0.6) is 0 Å². The van der Waals surface area contributed by atoms with Crippen LogP contribution in [0.2, 0.25) is 0 Å². The number of rotatable bonds is 13. The van der Waals surface area contributed by atoms with Crippen LogP contribution in [0.15, 0.2) is 12.4 Å². The van der Waals surface area contributed by atoms with Crippen molar-refractivity contribution in [2.45, 2.75) is 90.6 Å². The largest absolute Gasteiger partial charge is 0.335 e. The fraction of sp³-hybridized carbons (Fsp3) is 0.824. The molecule has 0 saturated carbocycles. The first-order valence-electron chi connectivity index (χ1n) is 8.77. The van der Waals surface area contributed by atoms with Gasteiger partial charge in [-0.1, -0.05) is 58.8 Å². The molecule has 0 radical (unpaired) electrons. The van der Waals surface area contributed by atoms with Crippen LogP contribution < -0.4 is 11.3 Å². The summed E-state index contributed by atoms with van der Waals surface area (Å²) in [4.78, 5) is 4.47. The van der Waals surface area contributed by atoms with E-state index < -0.39 is 0 Å².